The van der Waals surface area contributed by atoms with Gasteiger partial charge < -0.3 is 14.2 Å². The second-order valence-electron chi connectivity index (χ2n) is 4.85. The Hall–Kier alpha value is -2.16. The molecule has 0 aliphatic carbocycles. The highest BCUT2D eigenvalue weighted by atomic mass is 16.5. The quantitative estimate of drug-likeness (QED) is 0.849. The molecule has 0 aromatic heterocycles. The smallest absolute Gasteiger partial charge is 0.203 e. The Morgan fingerprint density at radius 2 is 1.80 bits per heavy atom. The second-order valence-corrected chi connectivity index (χ2v) is 4.85. The summed E-state index contributed by atoms with van der Waals surface area (Å²) in [5, 5.41) is 0. The molecule has 3 rings (SSSR count). The molecule has 104 valence electrons. The van der Waals surface area contributed by atoms with E-state index in [0.29, 0.717) is 11.5 Å². The molecule has 2 aromatic rings. The first-order valence-corrected chi connectivity index (χ1v) is 6.79. The standard InChI is InChI=1S/C17H18O3/c1-18-15-11-9-13-8-10-14(12-6-4-3-5-7-12)20-16(13)17(15)19-2/h3-7,9,11,14H,8,10H2,1-2H3. The summed E-state index contributed by atoms with van der Waals surface area (Å²) in [6.07, 6.45) is 2.03. The van der Waals surface area contributed by atoms with E-state index in [4.69, 9.17) is 14.2 Å². The molecule has 0 radical (unpaired) electrons. The van der Waals surface area contributed by atoms with Crippen LogP contribution in [0.1, 0.15) is 23.7 Å². The highest BCUT2D eigenvalue weighted by Crippen LogP contribution is 2.45. The molecule has 1 heterocycles. The van der Waals surface area contributed by atoms with Crippen molar-refractivity contribution in [1.29, 1.82) is 0 Å². The van der Waals surface area contributed by atoms with E-state index in [0.717, 1.165) is 18.6 Å². The molecule has 0 spiro atoms. The van der Waals surface area contributed by atoms with Gasteiger partial charge in [0, 0.05) is 0 Å². The lowest BCUT2D eigenvalue weighted by Gasteiger charge is -2.28. The summed E-state index contributed by atoms with van der Waals surface area (Å²) in [6, 6.07) is 14.3. The monoisotopic (exact) mass is 270 g/mol. The van der Waals surface area contributed by atoms with Gasteiger partial charge in [0.05, 0.1) is 14.2 Å². The van der Waals surface area contributed by atoms with E-state index in [-0.39, 0.29) is 6.10 Å². The third-order valence-corrected chi connectivity index (χ3v) is 3.69. The van der Waals surface area contributed by atoms with Crippen molar-refractivity contribution in [3.63, 3.8) is 0 Å². The van der Waals surface area contributed by atoms with Crippen LogP contribution in [0.25, 0.3) is 0 Å². The van der Waals surface area contributed by atoms with Crippen LogP contribution in [0, 0.1) is 0 Å². The highest BCUT2D eigenvalue weighted by Gasteiger charge is 2.26. The van der Waals surface area contributed by atoms with Crippen molar-refractivity contribution in [3.05, 3.63) is 53.6 Å². The number of hydrogen-bond acceptors (Lipinski definition) is 3. The van der Waals surface area contributed by atoms with Crippen LogP contribution in [0.3, 0.4) is 0 Å². The van der Waals surface area contributed by atoms with E-state index in [1.807, 2.05) is 24.3 Å². The van der Waals surface area contributed by atoms with E-state index in [2.05, 4.69) is 18.2 Å². The second kappa shape index (κ2) is 5.45. The van der Waals surface area contributed by atoms with Crippen molar-refractivity contribution in [2.75, 3.05) is 14.2 Å². The maximum atomic E-state index is 6.18. The van der Waals surface area contributed by atoms with Gasteiger partial charge in [-0.3, -0.25) is 0 Å². The van der Waals surface area contributed by atoms with Crippen LogP contribution >= 0.6 is 0 Å². The molecule has 1 atom stereocenters. The van der Waals surface area contributed by atoms with Crippen LogP contribution in [0.5, 0.6) is 17.2 Å². The SMILES string of the molecule is COc1ccc2c(c1OC)OC(c1ccccc1)CC2. The molecule has 0 N–H and O–H groups in total. The Kier molecular flexibility index (Phi) is 3.50. The van der Waals surface area contributed by atoms with E-state index >= 15 is 0 Å². The maximum absolute atomic E-state index is 6.18. The Morgan fingerprint density at radius 3 is 2.50 bits per heavy atom. The molecule has 0 bridgehead atoms. The first-order valence-electron chi connectivity index (χ1n) is 6.79. The first kappa shape index (κ1) is 12.9. The lowest BCUT2D eigenvalue weighted by Crippen LogP contribution is -2.16. The van der Waals surface area contributed by atoms with Crippen LogP contribution in [-0.2, 0) is 6.42 Å². The predicted molar refractivity (Wildman–Crippen MR) is 77.7 cm³/mol. The number of hydrogen-bond donors (Lipinski definition) is 0. The molecule has 0 saturated carbocycles. The molecule has 0 amide bonds. The van der Waals surface area contributed by atoms with Crippen molar-refractivity contribution < 1.29 is 14.2 Å². The maximum Gasteiger partial charge on any atom is 0.203 e. The molecular weight excluding hydrogens is 252 g/mol. The Bertz CT molecular complexity index is 593. The van der Waals surface area contributed by atoms with Crippen molar-refractivity contribution >= 4 is 0 Å². The van der Waals surface area contributed by atoms with Crippen LogP contribution in [0.15, 0.2) is 42.5 Å². The van der Waals surface area contributed by atoms with Gasteiger partial charge in [-0.25, -0.2) is 0 Å². The number of fused-ring (bicyclic) bond motifs is 1. The van der Waals surface area contributed by atoms with Gasteiger partial charge in [-0.2, -0.15) is 0 Å². The molecular formula is C17H18O3. The van der Waals surface area contributed by atoms with Crippen LogP contribution in [0.4, 0.5) is 0 Å². The van der Waals surface area contributed by atoms with Gasteiger partial charge >= 0.3 is 0 Å². The van der Waals surface area contributed by atoms with E-state index < -0.39 is 0 Å². The molecule has 20 heavy (non-hydrogen) atoms. The molecule has 1 aliphatic rings. The van der Waals surface area contributed by atoms with Gasteiger partial charge in [0.2, 0.25) is 5.75 Å². The Labute approximate surface area is 119 Å². The van der Waals surface area contributed by atoms with Crippen LogP contribution in [0.2, 0.25) is 0 Å². The van der Waals surface area contributed by atoms with Crippen LogP contribution in [-0.4, -0.2) is 14.2 Å². The Morgan fingerprint density at radius 1 is 1.00 bits per heavy atom. The first-order chi connectivity index (χ1) is 9.83. The van der Waals surface area contributed by atoms with Crippen LogP contribution < -0.4 is 14.2 Å². The molecule has 0 saturated heterocycles. The third kappa shape index (κ3) is 2.20. The topological polar surface area (TPSA) is 27.7 Å². The zero-order valence-electron chi connectivity index (χ0n) is 11.8. The lowest BCUT2D eigenvalue weighted by atomic mass is 9.97. The fourth-order valence-electron chi connectivity index (χ4n) is 2.66. The molecule has 2 aromatic carbocycles. The van der Waals surface area contributed by atoms with Crippen molar-refractivity contribution in [2.45, 2.75) is 18.9 Å². The molecule has 3 nitrogen and oxygen atoms in total. The minimum atomic E-state index is 0.0738. The Balaban J connectivity index is 1.97. The molecule has 1 aliphatic heterocycles. The molecule has 0 fully saturated rings. The van der Waals surface area contributed by atoms with E-state index in [1.165, 1.54) is 11.1 Å². The number of rotatable bonds is 3. The van der Waals surface area contributed by atoms with Gasteiger partial charge in [-0.15, -0.1) is 0 Å². The summed E-state index contributed by atoms with van der Waals surface area (Å²) in [7, 11) is 3.29. The van der Waals surface area contributed by atoms with Crippen molar-refractivity contribution in [3.8, 4) is 17.2 Å². The summed E-state index contributed by atoms with van der Waals surface area (Å²) in [5.74, 6) is 2.21. The summed E-state index contributed by atoms with van der Waals surface area (Å²) in [5.41, 5.74) is 2.37. The number of benzene rings is 2. The van der Waals surface area contributed by atoms with E-state index in [1.54, 1.807) is 14.2 Å². The number of aryl methyl sites for hydroxylation is 1. The normalized spacial score (nSPS) is 17.0. The zero-order valence-corrected chi connectivity index (χ0v) is 11.8. The van der Waals surface area contributed by atoms with Gasteiger partial charge in [-0.1, -0.05) is 36.4 Å². The average molecular weight is 270 g/mol. The summed E-state index contributed by atoms with van der Waals surface area (Å²) >= 11 is 0. The molecule has 3 heteroatoms. The third-order valence-electron chi connectivity index (χ3n) is 3.69. The fourth-order valence-corrected chi connectivity index (χ4v) is 2.66. The number of ether oxygens (including phenoxy) is 3. The van der Waals surface area contributed by atoms with Gasteiger partial charge in [0.15, 0.2) is 11.5 Å². The minimum Gasteiger partial charge on any atom is -0.493 e. The zero-order chi connectivity index (χ0) is 13.9. The van der Waals surface area contributed by atoms with Gasteiger partial charge in [0.1, 0.15) is 6.10 Å². The van der Waals surface area contributed by atoms with Gasteiger partial charge in [0.25, 0.3) is 0 Å². The molecule has 1 unspecified atom stereocenters. The van der Waals surface area contributed by atoms with Gasteiger partial charge in [-0.05, 0) is 30.0 Å². The highest BCUT2D eigenvalue weighted by molar-refractivity contribution is 5.56. The summed E-state index contributed by atoms with van der Waals surface area (Å²) in [4.78, 5) is 0. The van der Waals surface area contributed by atoms with Crippen molar-refractivity contribution in [2.24, 2.45) is 0 Å². The number of methoxy groups -OCH3 is 2. The predicted octanol–water partition coefficient (Wildman–Crippen LogP) is 3.77. The minimum absolute atomic E-state index is 0.0738. The van der Waals surface area contributed by atoms with Crippen molar-refractivity contribution in [1.82, 2.24) is 0 Å². The summed E-state index contributed by atoms with van der Waals surface area (Å²) in [6.45, 7) is 0. The fraction of sp³-hybridized carbons (Fsp3) is 0.294. The summed E-state index contributed by atoms with van der Waals surface area (Å²) < 4.78 is 17.0. The lowest BCUT2D eigenvalue weighted by molar-refractivity contribution is 0.167. The largest absolute Gasteiger partial charge is 0.493 e. The average Bonchev–Trinajstić information content (AvgIpc) is 2.54. The van der Waals surface area contributed by atoms with E-state index in [9.17, 15) is 0 Å².